The molecule has 38 heavy (non-hydrogen) atoms. The van der Waals surface area contributed by atoms with Crippen LogP contribution in [0.2, 0.25) is 0 Å². The van der Waals surface area contributed by atoms with Gasteiger partial charge in [0.05, 0.1) is 0 Å². The quantitative estimate of drug-likeness (QED) is 0.157. The highest BCUT2D eigenvalue weighted by molar-refractivity contribution is 4.97. The Hall–Kier alpha value is -2.12. The van der Waals surface area contributed by atoms with Crippen LogP contribution in [0.1, 0.15) is 0 Å². The Morgan fingerprint density at radius 1 is 0.421 bits per heavy atom. The van der Waals surface area contributed by atoms with Crippen molar-refractivity contribution in [1.29, 1.82) is 0 Å². The first-order chi connectivity index (χ1) is 16.2. The number of alkyl halides is 19. The monoisotopic (exact) mass is 628 g/mol. The molecule has 0 aliphatic rings. The van der Waals surface area contributed by atoms with Crippen molar-refractivity contribution in [3.8, 4) is 0 Å². The van der Waals surface area contributed by atoms with Gasteiger partial charge < -0.3 is 4.74 Å². The Labute approximate surface area is 190 Å². The van der Waals surface area contributed by atoms with Gasteiger partial charge in [0.25, 0.3) is 0 Å². The lowest BCUT2D eigenvalue weighted by molar-refractivity contribution is -0.569. The van der Waals surface area contributed by atoms with Crippen molar-refractivity contribution in [3.63, 3.8) is 0 Å². The molecule has 0 heterocycles. The zero-order valence-corrected chi connectivity index (χ0v) is 16.2. The summed E-state index contributed by atoms with van der Waals surface area (Å²) in [6.45, 7) is -3.22. The molecule has 0 atom stereocenters. The van der Waals surface area contributed by atoms with Crippen LogP contribution in [0, 0.1) is 0 Å². The molecule has 0 spiro atoms. The van der Waals surface area contributed by atoms with Gasteiger partial charge >= 0.3 is 66.8 Å². The topological polar surface area (TPSA) is 36.9 Å². The van der Waals surface area contributed by atoms with E-state index in [0.29, 0.717) is 0 Å². The second kappa shape index (κ2) is 10.1. The highest BCUT2D eigenvalue weighted by atomic mass is 19.4. The predicted octanol–water partition coefficient (Wildman–Crippen LogP) is 7.48. The van der Waals surface area contributed by atoms with Crippen molar-refractivity contribution in [2.45, 2.75) is 54.7 Å². The normalized spacial score (nSPS) is 15.5. The average molecular weight is 628 g/mol. The first-order valence-electron chi connectivity index (χ1n) is 7.73. The molecule has 4 nitrogen and oxygen atoms in total. The van der Waals surface area contributed by atoms with Gasteiger partial charge in [0, 0.05) is 0 Å². The SMILES string of the molecule is FC(F)=C(F)OCC(F)(F)OC(F)(F)C(F)(F)OC(F)(F)C(F)(F)OC(F)(F)C(F)(F)C(F)(F)C(F)(F)F. The van der Waals surface area contributed by atoms with Gasteiger partial charge in [-0.25, -0.2) is 14.2 Å². The Morgan fingerprint density at radius 2 is 0.737 bits per heavy atom. The zero-order chi connectivity index (χ0) is 31.2. The van der Waals surface area contributed by atoms with Gasteiger partial charge in [-0.3, -0.25) is 0 Å². The molecule has 0 saturated carbocycles. The van der Waals surface area contributed by atoms with Gasteiger partial charge in [-0.15, -0.1) is 0 Å². The van der Waals surface area contributed by atoms with E-state index in [4.69, 9.17) is 0 Å². The van der Waals surface area contributed by atoms with Gasteiger partial charge in [0.2, 0.25) is 0 Å². The van der Waals surface area contributed by atoms with Crippen LogP contribution in [0.5, 0.6) is 0 Å². The molecule has 26 heteroatoms. The highest BCUT2D eigenvalue weighted by Crippen LogP contribution is 2.56. The van der Waals surface area contributed by atoms with Crippen LogP contribution < -0.4 is 0 Å². The molecule has 0 rings (SSSR count). The van der Waals surface area contributed by atoms with E-state index in [9.17, 15) is 96.6 Å². The molecule has 0 amide bonds. The lowest BCUT2D eigenvalue weighted by Crippen LogP contribution is -2.65. The van der Waals surface area contributed by atoms with E-state index in [1.54, 1.807) is 4.74 Å². The van der Waals surface area contributed by atoms with Crippen molar-refractivity contribution in [2.75, 3.05) is 6.61 Å². The summed E-state index contributed by atoms with van der Waals surface area (Å²) in [4.78, 5) is 0. The minimum Gasteiger partial charge on any atom is -0.458 e. The van der Waals surface area contributed by atoms with Crippen LogP contribution >= 0.6 is 0 Å². The number of rotatable bonds is 13. The molecule has 0 aromatic heterocycles. The van der Waals surface area contributed by atoms with Crippen molar-refractivity contribution < 1.29 is 116 Å². The van der Waals surface area contributed by atoms with Gasteiger partial charge in [-0.1, -0.05) is 0 Å². The van der Waals surface area contributed by atoms with E-state index in [1.165, 1.54) is 4.74 Å². The lowest BCUT2D eigenvalue weighted by Gasteiger charge is -2.37. The fourth-order valence-corrected chi connectivity index (χ4v) is 1.40. The third-order valence-electron chi connectivity index (χ3n) is 3.10. The Kier molecular flexibility index (Phi) is 9.56. The second-order valence-corrected chi connectivity index (χ2v) is 6.00. The highest BCUT2D eigenvalue weighted by Gasteiger charge is 2.85. The molecule has 228 valence electrons. The molecule has 0 aromatic carbocycles. The fraction of sp³-hybridized carbons (Fsp3) is 0.833. The van der Waals surface area contributed by atoms with Crippen molar-refractivity contribution in [2.24, 2.45) is 0 Å². The van der Waals surface area contributed by atoms with E-state index in [0.717, 1.165) is 4.74 Å². The molecule has 0 aliphatic heterocycles. The fourth-order valence-electron chi connectivity index (χ4n) is 1.40. The Bertz CT molecular complexity index is 855. The molecule has 0 aromatic rings. The van der Waals surface area contributed by atoms with Crippen LogP contribution in [-0.4, -0.2) is 61.3 Å². The zero-order valence-electron chi connectivity index (χ0n) is 16.2. The van der Waals surface area contributed by atoms with Crippen molar-refractivity contribution in [3.05, 3.63) is 12.1 Å². The minimum atomic E-state index is -8.25. The predicted molar refractivity (Wildman–Crippen MR) is 65.2 cm³/mol. The van der Waals surface area contributed by atoms with Crippen LogP contribution in [-0.2, 0) is 18.9 Å². The van der Waals surface area contributed by atoms with Gasteiger partial charge in [-0.05, 0) is 0 Å². The summed E-state index contributed by atoms with van der Waals surface area (Å²) in [5.74, 6) is -16.3. The number of hydrogen-bond acceptors (Lipinski definition) is 4. The summed E-state index contributed by atoms with van der Waals surface area (Å²) in [7, 11) is 0. The third kappa shape index (κ3) is 7.29. The summed E-state index contributed by atoms with van der Waals surface area (Å²) >= 11 is 0. The smallest absolute Gasteiger partial charge is 0.458 e. The van der Waals surface area contributed by atoms with Crippen LogP contribution in [0.4, 0.5) is 96.6 Å². The Balaban J connectivity index is 6.01. The summed E-state index contributed by atoms with van der Waals surface area (Å²) in [6.07, 6.45) is -56.6. The van der Waals surface area contributed by atoms with Gasteiger partial charge in [0.15, 0.2) is 6.61 Å². The summed E-state index contributed by atoms with van der Waals surface area (Å²) < 4.78 is 285. The molecule has 0 bridgehead atoms. The van der Waals surface area contributed by atoms with E-state index in [-0.39, 0.29) is 0 Å². The van der Waals surface area contributed by atoms with Gasteiger partial charge in [-0.2, -0.15) is 96.6 Å². The maximum atomic E-state index is 13.1. The number of halogens is 22. The average Bonchev–Trinajstić information content (AvgIpc) is 2.61. The summed E-state index contributed by atoms with van der Waals surface area (Å²) in [5.41, 5.74) is 0. The third-order valence-corrected chi connectivity index (χ3v) is 3.10. The molecular weight excluding hydrogens is 626 g/mol. The first-order valence-corrected chi connectivity index (χ1v) is 7.73. The molecule has 0 aliphatic carbocycles. The molecule has 0 saturated heterocycles. The Morgan fingerprint density at radius 3 is 1.05 bits per heavy atom. The maximum Gasteiger partial charge on any atom is 0.460 e. The molecule has 0 radical (unpaired) electrons. The maximum absolute atomic E-state index is 13.1. The second-order valence-electron chi connectivity index (χ2n) is 6.00. The van der Waals surface area contributed by atoms with Crippen LogP contribution in [0.25, 0.3) is 0 Å². The summed E-state index contributed by atoms with van der Waals surface area (Å²) in [5, 5.41) is 0. The summed E-state index contributed by atoms with van der Waals surface area (Å²) in [6, 6.07) is -3.28. The molecular formula is C12H2F22O4. The number of hydrogen-bond donors (Lipinski definition) is 0. The van der Waals surface area contributed by atoms with Crippen molar-refractivity contribution in [1.82, 2.24) is 0 Å². The molecule has 0 N–H and O–H groups in total. The lowest BCUT2D eigenvalue weighted by atomic mass is 10.1. The minimum absolute atomic E-state index is 1.11. The van der Waals surface area contributed by atoms with E-state index < -0.39 is 73.4 Å². The van der Waals surface area contributed by atoms with Crippen LogP contribution in [0.15, 0.2) is 12.1 Å². The standard InChI is InChI=1S/C12H2F22O4/c13-2(14)3(15)35-1-4(16,17)36-9(27,28)10(29,30)38-12(33,34)11(31,32)37-8(25,26)6(20,21)5(18,19)7(22,23)24/h1H2. The molecule has 0 unspecified atom stereocenters. The number of ether oxygens (including phenoxy) is 4. The first kappa shape index (κ1) is 35.9. The molecule has 0 fully saturated rings. The van der Waals surface area contributed by atoms with E-state index in [1.807, 2.05) is 0 Å². The van der Waals surface area contributed by atoms with Crippen LogP contribution in [0.3, 0.4) is 0 Å². The van der Waals surface area contributed by atoms with Crippen molar-refractivity contribution >= 4 is 0 Å². The largest absolute Gasteiger partial charge is 0.460 e. The van der Waals surface area contributed by atoms with E-state index in [2.05, 4.69) is 4.74 Å². The van der Waals surface area contributed by atoms with Gasteiger partial charge in [0.1, 0.15) is 0 Å². The van der Waals surface area contributed by atoms with E-state index >= 15 is 0 Å².